The predicted molar refractivity (Wildman–Crippen MR) is 88.4 cm³/mol. The van der Waals surface area contributed by atoms with Gasteiger partial charge in [0.2, 0.25) is 0 Å². The molecule has 0 saturated carbocycles. The molecule has 0 nitrogen and oxygen atoms in total. The van der Waals surface area contributed by atoms with Crippen molar-refractivity contribution < 1.29 is 0 Å². The normalized spacial score (nSPS) is 11.4. The first-order valence-electron chi connectivity index (χ1n) is 7.54. The molecule has 0 heterocycles. The molecular formula is C20H25. The summed E-state index contributed by atoms with van der Waals surface area (Å²) in [6.07, 6.45) is 0. The van der Waals surface area contributed by atoms with E-state index in [1.54, 1.807) is 0 Å². The summed E-state index contributed by atoms with van der Waals surface area (Å²) in [7, 11) is 0. The van der Waals surface area contributed by atoms with Crippen LogP contribution < -0.4 is 0 Å². The highest BCUT2D eigenvalue weighted by molar-refractivity contribution is 5.73. The predicted octanol–water partition coefficient (Wildman–Crippen LogP) is 6.02. The van der Waals surface area contributed by atoms with E-state index in [-0.39, 0.29) is 0 Å². The molecule has 0 saturated heterocycles. The summed E-state index contributed by atoms with van der Waals surface area (Å²) in [4.78, 5) is 0. The average Bonchev–Trinajstić information content (AvgIpc) is 2.36. The fourth-order valence-electron chi connectivity index (χ4n) is 2.92. The molecule has 0 aliphatic heterocycles. The Morgan fingerprint density at radius 2 is 1.25 bits per heavy atom. The second-order valence-electron chi connectivity index (χ2n) is 6.36. The molecule has 20 heavy (non-hydrogen) atoms. The Balaban J connectivity index is 2.75. The van der Waals surface area contributed by atoms with Crippen LogP contribution in [-0.2, 0) is 0 Å². The van der Waals surface area contributed by atoms with Crippen LogP contribution in [-0.4, -0.2) is 0 Å². The first-order chi connectivity index (χ1) is 9.40. The molecule has 0 aliphatic carbocycles. The van der Waals surface area contributed by atoms with Crippen molar-refractivity contribution in [2.75, 3.05) is 0 Å². The third-order valence-electron chi connectivity index (χ3n) is 3.80. The maximum absolute atomic E-state index is 3.38. The zero-order valence-electron chi connectivity index (χ0n) is 13.5. The lowest BCUT2D eigenvalue weighted by atomic mass is 9.84. The number of hydrogen-bond donors (Lipinski definition) is 0. The van der Waals surface area contributed by atoms with Crippen LogP contribution in [0.1, 0.15) is 61.8 Å². The van der Waals surface area contributed by atoms with E-state index in [1.165, 1.54) is 33.4 Å². The highest BCUT2D eigenvalue weighted by atomic mass is 14.2. The molecule has 2 aromatic carbocycles. The Labute approximate surface area is 123 Å². The molecule has 0 N–H and O–H groups in total. The molecule has 0 spiro atoms. The topological polar surface area (TPSA) is 0 Å². The molecule has 0 bridgehead atoms. The van der Waals surface area contributed by atoms with E-state index in [1.807, 2.05) is 0 Å². The molecule has 0 fully saturated rings. The van der Waals surface area contributed by atoms with E-state index < -0.39 is 0 Å². The SMILES string of the molecule is Cc1[c]c(C)cc(-c2c(C(C)C)cccc2C(C)C)c1. The summed E-state index contributed by atoms with van der Waals surface area (Å²) in [5, 5.41) is 0. The van der Waals surface area contributed by atoms with Gasteiger partial charge in [-0.05, 0) is 65.1 Å². The molecule has 105 valence electrons. The zero-order valence-corrected chi connectivity index (χ0v) is 13.5. The van der Waals surface area contributed by atoms with E-state index in [4.69, 9.17) is 0 Å². The van der Waals surface area contributed by atoms with Crippen LogP contribution in [0.15, 0.2) is 30.3 Å². The van der Waals surface area contributed by atoms with Crippen LogP contribution in [0.25, 0.3) is 11.1 Å². The van der Waals surface area contributed by atoms with Crippen molar-refractivity contribution in [1.29, 1.82) is 0 Å². The minimum absolute atomic E-state index is 0.536. The Morgan fingerprint density at radius 1 is 0.800 bits per heavy atom. The third-order valence-corrected chi connectivity index (χ3v) is 3.80. The number of benzene rings is 2. The van der Waals surface area contributed by atoms with E-state index in [0.29, 0.717) is 11.8 Å². The standard InChI is InChI=1S/C20H25/c1-13(2)18-8-7-9-19(14(3)4)20(18)17-11-15(5)10-16(6)12-17/h7-9,11-14H,1-6H3. The number of rotatable bonds is 3. The number of hydrogen-bond acceptors (Lipinski definition) is 0. The van der Waals surface area contributed by atoms with Crippen LogP contribution >= 0.6 is 0 Å². The Kier molecular flexibility index (Phi) is 4.32. The van der Waals surface area contributed by atoms with Gasteiger partial charge in [-0.15, -0.1) is 0 Å². The quantitative estimate of drug-likeness (QED) is 0.636. The van der Waals surface area contributed by atoms with Gasteiger partial charge in [-0.3, -0.25) is 0 Å². The van der Waals surface area contributed by atoms with E-state index >= 15 is 0 Å². The van der Waals surface area contributed by atoms with Crippen LogP contribution in [0.5, 0.6) is 0 Å². The first kappa shape index (κ1) is 14.8. The van der Waals surface area contributed by atoms with E-state index in [2.05, 4.69) is 77.9 Å². The van der Waals surface area contributed by atoms with Crippen molar-refractivity contribution >= 4 is 0 Å². The fourth-order valence-corrected chi connectivity index (χ4v) is 2.92. The minimum atomic E-state index is 0.536. The molecule has 0 atom stereocenters. The van der Waals surface area contributed by atoms with Crippen molar-refractivity contribution in [1.82, 2.24) is 0 Å². The Morgan fingerprint density at radius 3 is 1.65 bits per heavy atom. The van der Waals surface area contributed by atoms with Gasteiger partial charge >= 0.3 is 0 Å². The molecule has 0 unspecified atom stereocenters. The van der Waals surface area contributed by atoms with Gasteiger partial charge in [0.15, 0.2) is 0 Å². The largest absolute Gasteiger partial charge is 0.0617 e. The summed E-state index contributed by atoms with van der Waals surface area (Å²) in [6.45, 7) is 13.4. The molecule has 0 heteroatoms. The smallest absolute Gasteiger partial charge is 0.0114 e. The lowest BCUT2D eigenvalue weighted by Crippen LogP contribution is -2.00. The second-order valence-corrected chi connectivity index (χ2v) is 6.36. The molecule has 2 aromatic rings. The van der Waals surface area contributed by atoms with Crippen molar-refractivity contribution in [3.05, 3.63) is 58.7 Å². The second kappa shape index (κ2) is 5.83. The first-order valence-corrected chi connectivity index (χ1v) is 7.54. The van der Waals surface area contributed by atoms with Gasteiger partial charge in [0.25, 0.3) is 0 Å². The van der Waals surface area contributed by atoms with Crippen molar-refractivity contribution in [3.8, 4) is 11.1 Å². The van der Waals surface area contributed by atoms with Gasteiger partial charge in [0.05, 0.1) is 0 Å². The summed E-state index contributed by atoms with van der Waals surface area (Å²) < 4.78 is 0. The summed E-state index contributed by atoms with van der Waals surface area (Å²) in [5.41, 5.74) is 8.09. The van der Waals surface area contributed by atoms with Crippen molar-refractivity contribution in [2.24, 2.45) is 0 Å². The molecule has 0 aromatic heterocycles. The molecule has 2 rings (SSSR count). The molecule has 1 radical (unpaired) electrons. The Hall–Kier alpha value is -1.56. The summed E-state index contributed by atoms with van der Waals surface area (Å²) in [5.74, 6) is 1.07. The van der Waals surface area contributed by atoms with Gasteiger partial charge in [-0.1, -0.05) is 58.0 Å². The van der Waals surface area contributed by atoms with Crippen molar-refractivity contribution in [2.45, 2.75) is 53.4 Å². The van der Waals surface area contributed by atoms with Crippen LogP contribution in [0.3, 0.4) is 0 Å². The van der Waals surface area contributed by atoms with Gasteiger partial charge < -0.3 is 0 Å². The monoisotopic (exact) mass is 265 g/mol. The molecule has 0 amide bonds. The highest BCUT2D eigenvalue weighted by Gasteiger charge is 2.15. The Bertz CT molecular complexity index is 557. The maximum atomic E-state index is 3.38. The number of aryl methyl sites for hydroxylation is 2. The molecule has 0 aliphatic rings. The zero-order chi connectivity index (χ0) is 14.9. The van der Waals surface area contributed by atoms with Crippen LogP contribution in [0.4, 0.5) is 0 Å². The van der Waals surface area contributed by atoms with Gasteiger partial charge in [0.1, 0.15) is 0 Å². The highest BCUT2D eigenvalue weighted by Crippen LogP contribution is 2.36. The van der Waals surface area contributed by atoms with Gasteiger partial charge in [0, 0.05) is 0 Å². The van der Waals surface area contributed by atoms with Gasteiger partial charge in [-0.25, -0.2) is 0 Å². The van der Waals surface area contributed by atoms with Crippen LogP contribution in [0.2, 0.25) is 0 Å². The van der Waals surface area contributed by atoms with Crippen LogP contribution in [0, 0.1) is 19.9 Å². The summed E-state index contributed by atoms with van der Waals surface area (Å²) >= 11 is 0. The maximum Gasteiger partial charge on any atom is -0.0114 e. The van der Waals surface area contributed by atoms with Crippen molar-refractivity contribution in [3.63, 3.8) is 0 Å². The minimum Gasteiger partial charge on any atom is -0.0617 e. The average molecular weight is 265 g/mol. The lowest BCUT2D eigenvalue weighted by molar-refractivity contribution is 0.838. The lowest BCUT2D eigenvalue weighted by Gasteiger charge is -2.20. The molecular weight excluding hydrogens is 240 g/mol. The summed E-state index contributed by atoms with van der Waals surface area (Å²) in [6, 6.07) is 14.6. The fraction of sp³-hybridized carbons (Fsp3) is 0.400. The third kappa shape index (κ3) is 2.95. The van der Waals surface area contributed by atoms with E-state index in [9.17, 15) is 0 Å². The van der Waals surface area contributed by atoms with Gasteiger partial charge in [-0.2, -0.15) is 0 Å². The van der Waals surface area contributed by atoms with E-state index in [0.717, 1.165) is 0 Å².